The molecule has 0 aromatic heterocycles. The molecule has 0 saturated heterocycles. The normalized spacial score (nSPS) is 35.8. The number of esters is 1. The van der Waals surface area contributed by atoms with Crippen LogP contribution in [0.2, 0.25) is 0 Å². The molecule has 2 aliphatic rings. The molecule has 1 N–H and O–H groups in total. The van der Waals surface area contributed by atoms with E-state index in [9.17, 15) is 9.90 Å². The fourth-order valence-corrected chi connectivity index (χ4v) is 5.70. The van der Waals surface area contributed by atoms with Crippen LogP contribution >= 0.6 is 0 Å². The van der Waals surface area contributed by atoms with E-state index in [0.717, 1.165) is 38.5 Å². The van der Waals surface area contributed by atoms with Gasteiger partial charge in [-0.1, -0.05) is 39.8 Å². The molecule has 5 atom stereocenters. The molecule has 0 heterocycles. The average molecular weight is 351 g/mol. The Morgan fingerprint density at radius 1 is 1.32 bits per heavy atom. The van der Waals surface area contributed by atoms with Gasteiger partial charge in [-0.25, -0.2) is 0 Å². The van der Waals surface area contributed by atoms with E-state index in [4.69, 9.17) is 4.74 Å². The van der Waals surface area contributed by atoms with Crippen LogP contribution in [0.1, 0.15) is 79.6 Å². The highest BCUT2D eigenvalue weighted by molar-refractivity contribution is 5.65. The van der Waals surface area contributed by atoms with E-state index in [2.05, 4.69) is 34.3 Å². The second-order valence-corrected chi connectivity index (χ2v) is 9.49. The van der Waals surface area contributed by atoms with E-state index in [0.29, 0.717) is 24.4 Å². The van der Waals surface area contributed by atoms with Crippen molar-refractivity contribution >= 4 is 5.97 Å². The Balaban J connectivity index is 2.01. The number of allylic oxidation sites excluding steroid dienone is 1. The smallest absolute Gasteiger partial charge is 0.302 e. The highest BCUT2D eigenvalue weighted by Gasteiger charge is 2.55. The van der Waals surface area contributed by atoms with Gasteiger partial charge in [-0.3, -0.25) is 4.79 Å². The maximum Gasteiger partial charge on any atom is 0.302 e. The van der Waals surface area contributed by atoms with Crippen LogP contribution in [0.15, 0.2) is 12.2 Å². The third-order valence-electron chi connectivity index (χ3n) is 7.42. The first-order valence-electron chi connectivity index (χ1n) is 10.1. The summed E-state index contributed by atoms with van der Waals surface area (Å²) in [6.07, 6.45) is 7.35. The summed E-state index contributed by atoms with van der Waals surface area (Å²) in [6, 6.07) is 0. The highest BCUT2D eigenvalue weighted by atomic mass is 16.5. The van der Waals surface area contributed by atoms with Crippen LogP contribution in [0.5, 0.6) is 0 Å². The number of hydrogen-bond donors (Lipinski definition) is 1. The third kappa shape index (κ3) is 4.30. The number of carbonyl (C=O) groups excluding carboxylic acids is 1. The van der Waals surface area contributed by atoms with Gasteiger partial charge in [0, 0.05) is 6.92 Å². The minimum Gasteiger partial charge on any atom is -0.466 e. The highest BCUT2D eigenvalue weighted by Crippen LogP contribution is 2.61. The quantitative estimate of drug-likeness (QED) is 0.534. The zero-order valence-electron chi connectivity index (χ0n) is 16.9. The summed E-state index contributed by atoms with van der Waals surface area (Å²) in [6.45, 7) is 15.6. The third-order valence-corrected chi connectivity index (χ3v) is 7.42. The van der Waals surface area contributed by atoms with Crippen molar-refractivity contribution in [3.63, 3.8) is 0 Å². The summed E-state index contributed by atoms with van der Waals surface area (Å²) in [4.78, 5) is 10.9. The van der Waals surface area contributed by atoms with Gasteiger partial charge < -0.3 is 9.84 Å². The lowest BCUT2D eigenvalue weighted by molar-refractivity contribution is -0.141. The van der Waals surface area contributed by atoms with E-state index in [1.54, 1.807) is 0 Å². The number of fused-ring (bicyclic) bond motifs is 1. The lowest BCUT2D eigenvalue weighted by atomic mass is 9.46. The molecule has 0 radical (unpaired) electrons. The van der Waals surface area contributed by atoms with Gasteiger partial charge >= 0.3 is 5.97 Å². The zero-order valence-corrected chi connectivity index (χ0v) is 16.9. The van der Waals surface area contributed by atoms with Crippen LogP contribution in [-0.2, 0) is 9.53 Å². The molecule has 0 bridgehead atoms. The number of aliphatic hydroxyl groups excluding tert-OH is 1. The van der Waals surface area contributed by atoms with Gasteiger partial charge in [-0.2, -0.15) is 0 Å². The van der Waals surface area contributed by atoms with Crippen LogP contribution in [0.25, 0.3) is 0 Å². The van der Waals surface area contributed by atoms with Gasteiger partial charge in [0.1, 0.15) is 0 Å². The molecule has 0 aromatic carbocycles. The monoisotopic (exact) mass is 350 g/mol. The number of ether oxygens (including phenoxy) is 1. The van der Waals surface area contributed by atoms with Crippen molar-refractivity contribution in [2.24, 2.45) is 28.6 Å². The van der Waals surface area contributed by atoms with Crippen molar-refractivity contribution in [3.05, 3.63) is 12.2 Å². The molecule has 0 aromatic rings. The molecule has 0 aliphatic heterocycles. The largest absolute Gasteiger partial charge is 0.466 e. The molecular weight excluding hydrogens is 312 g/mol. The molecule has 2 saturated carbocycles. The first kappa shape index (κ1) is 20.5. The summed E-state index contributed by atoms with van der Waals surface area (Å²) in [7, 11) is 0. The van der Waals surface area contributed by atoms with Crippen molar-refractivity contribution in [1.29, 1.82) is 0 Å². The Morgan fingerprint density at radius 2 is 2.00 bits per heavy atom. The second-order valence-electron chi connectivity index (χ2n) is 9.49. The van der Waals surface area contributed by atoms with Crippen molar-refractivity contribution in [3.8, 4) is 0 Å². The lowest BCUT2D eigenvalue weighted by Crippen LogP contribution is -2.54. The standard InChI is InChI=1S/C22H38O3/c1-15(12-14-25-17(3)23)7-9-18-16(2)8-10-19-21(4,5)20(24)11-13-22(18,19)6/h15,18-20,24H,2,7-14H2,1,3-6H3/t15-,18-,19+,20+,22+/m0/s1. The van der Waals surface area contributed by atoms with Crippen LogP contribution in [0, 0.1) is 28.6 Å². The van der Waals surface area contributed by atoms with Gasteiger partial charge in [0.15, 0.2) is 0 Å². The molecule has 2 aliphatic carbocycles. The van der Waals surface area contributed by atoms with Gasteiger partial charge in [-0.05, 0) is 73.5 Å². The van der Waals surface area contributed by atoms with Crippen molar-refractivity contribution in [2.45, 2.75) is 85.7 Å². The maximum absolute atomic E-state index is 10.9. The lowest BCUT2D eigenvalue weighted by Gasteiger charge is -2.59. The van der Waals surface area contributed by atoms with Crippen LogP contribution in [-0.4, -0.2) is 23.8 Å². The van der Waals surface area contributed by atoms with Gasteiger partial charge in [0.25, 0.3) is 0 Å². The summed E-state index contributed by atoms with van der Waals surface area (Å²) in [5, 5.41) is 10.5. The summed E-state index contributed by atoms with van der Waals surface area (Å²) < 4.78 is 5.09. The van der Waals surface area contributed by atoms with Crippen molar-refractivity contribution in [2.75, 3.05) is 6.61 Å². The fraction of sp³-hybridized carbons (Fsp3) is 0.864. The van der Waals surface area contributed by atoms with E-state index < -0.39 is 0 Å². The molecule has 0 spiro atoms. The van der Waals surface area contributed by atoms with Crippen LogP contribution in [0.3, 0.4) is 0 Å². The molecule has 3 nitrogen and oxygen atoms in total. The van der Waals surface area contributed by atoms with E-state index in [1.807, 2.05) is 0 Å². The predicted molar refractivity (Wildman–Crippen MR) is 102 cm³/mol. The SMILES string of the molecule is C=C1CC[C@@H]2C(C)(C)[C@H](O)CC[C@]2(C)[C@H]1CC[C@H](C)CCOC(C)=O. The fourth-order valence-electron chi connectivity index (χ4n) is 5.70. The second kappa shape index (κ2) is 7.82. The van der Waals surface area contributed by atoms with Crippen molar-refractivity contribution < 1.29 is 14.6 Å². The number of rotatable bonds is 6. The molecule has 2 rings (SSSR count). The molecule has 0 unspecified atom stereocenters. The predicted octanol–water partition coefficient (Wildman–Crippen LogP) is 5.13. The molecular formula is C22H38O3. The van der Waals surface area contributed by atoms with Crippen LogP contribution in [0.4, 0.5) is 0 Å². The topological polar surface area (TPSA) is 46.5 Å². The number of carbonyl (C=O) groups is 1. The molecule has 3 heteroatoms. The molecule has 2 fully saturated rings. The Labute approximate surface area is 154 Å². The average Bonchev–Trinajstić information content (AvgIpc) is 2.50. The number of hydrogen-bond acceptors (Lipinski definition) is 3. The minimum absolute atomic E-state index is 0.00705. The first-order chi connectivity index (χ1) is 11.6. The Bertz CT molecular complexity index is 496. The van der Waals surface area contributed by atoms with Crippen LogP contribution < -0.4 is 0 Å². The first-order valence-corrected chi connectivity index (χ1v) is 10.1. The Hall–Kier alpha value is -0.830. The van der Waals surface area contributed by atoms with E-state index >= 15 is 0 Å². The van der Waals surface area contributed by atoms with Gasteiger partial charge in [-0.15, -0.1) is 0 Å². The molecule has 0 amide bonds. The molecule has 144 valence electrons. The molecule has 25 heavy (non-hydrogen) atoms. The number of aliphatic hydroxyl groups is 1. The van der Waals surface area contributed by atoms with Crippen molar-refractivity contribution in [1.82, 2.24) is 0 Å². The summed E-state index contributed by atoms with van der Waals surface area (Å²) >= 11 is 0. The maximum atomic E-state index is 10.9. The van der Waals surface area contributed by atoms with E-state index in [1.165, 1.54) is 18.9 Å². The van der Waals surface area contributed by atoms with E-state index in [-0.39, 0.29) is 22.9 Å². The minimum atomic E-state index is -0.189. The van der Waals surface area contributed by atoms with Gasteiger partial charge in [0.05, 0.1) is 12.7 Å². The zero-order chi connectivity index (χ0) is 18.8. The summed E-state index contributed by atoms with van der Waals surface area (Å²) in [5.41, 5.74) is 1.67. The Morgan fingerprint density at radius 3 is 2.64 bits per heavy atom. The summed E-state index contributed by atoms with van der Waals surface area (Å²) in [5.74, 6) is 1.48. The van der Waals surface area contributed by atoms with Gasteiger partial charge in [0.2, 0.25) is 0 Å². The Kier molecular flexibility index (Phi) is 6.40.